The molecule has 1 aromatic heterocycles. The van der Waals surface area contributed by atoms with Gasteiger partial charge in [0.15, 0.2) is 5.78 Å². The van der Waals surface area contributed by atoms with Crippen molar-refractivity contribution in [3.05, 3.63) is 92.2 Å². The number of rotatable bonds is 4. The maximum absolute atomic E-state index is 13.8. The minimum Gasteiger partial charge on any atom is -0.324 e. The van der Waals surface area contributed by atoms with Crippen molar-refractivity contribution in [1.29, 1.82) is 0 Å². The van der Waals surface area contributed by atoms with E-state index in [9.17, 15) is 19.7 Å². The number of nitro benzene ring substituents is 1. The van der Waals surface area contributed by atoms with E-state index in [0.29, 0.717) is 17.1 Å². The van der Waals surface area contributed by atoms with Crippen LogP contribution >= 0.6 is 11.3 Å². The fraction of sp³-hybridized carbons (Fsp3) is 0.217. The lowest BCUT2D eigenvalue weighted by atomic mass is 9.71. The highest BCUT2D eigenvalue weighted by molar-refractivity contribution is 7.12. The van der Waals surface area contributed by atoms with Crippen LogP contribution in [0.4, 0.5) is 11.4 Å². The minimum atomic E-state index is -1.13. The van der Waals surface area contributed by atoms with Crippen LogP contribution in [0.5, 0.6) is 0 Å². The number of benzene rings is 2. The molecule has 1 saturated heterocycles. The Hall–Kier alpha value is -3.36. The smallest absolute Gasteiger partial charge is 0.269 e. The van der Waals surface area contributed by atoms with Gasteiger partial charge in [0, 0.05) is 35.8 Å². The highest BCUT2D eigenvalue weighted by Gasteiger charge is 2.64. The van der Waals surface area contributed by atoms with Crippen LogP contribution < -0.4 is 5.32 Å². The zero-order valence-electron chi connectivity index (χ0n) is 16.6. The fourth-order valence-corrected chi connectivity index (χ4v) is 5.81. The molecule has 3 unspecified atom stereocenters. The van der Waals surface area contributed by atoms with E-state index in [4.69, 9.17) is 0 Å². The van der Waals surface area contributed by atoms with Crippen LogP contribution in [0.25, 0.3) is 0 Å². The summed E-state index contributed by atoms with van der Waals surface area (Å²) in [6, 6.07) is 17.4. The second kappa shape index (κ2) is 7.11. The average molecular weight is 433 g/mol. The van der Waals surface area contributed by atoms with E-state index < -0.39 is 16.4 Å². The van der Waals surface area contributed by atoms with E-state index >= 15 is 0 Å². The summed E-state index contributed by atoms with van der Waals surface area (Å²) in [6.45, 7) is 0.474. The fourth-order valence-electron chi connectivity index (χ4n) is 5.11. The summed E-state index contributed by atoms with van der Waals surface area (Å²) < 4.78 is 0. The van der Waals surface area contributed by atoms with Gasteiger partial charge in [-0.1, -0.05) is 36.4 Å². The van der Waals surface area contributed by atoms with Crippen LogP contribution in [-0.2, 0) is 10.3 Å². The zero-order valence-corrected chi connectivity index (χ0v) is 17.5. The van der Waals surface area contributed by atoms with Gasteiger partial charge in [0.1, 0.15) is 5.54 Å². The van der Waals surface area contributed by atoms with Crippen molar-refractivity contribution >= 4 is 34.4 Å². The lowest BCUT2D eigenvalue weighted by Crippen LogP contribution is -2.51. The monoisotopic (exact) mass is 433 g/mol. The van der Waals surface area contributed by atoms with E-state index in [0.717, 1.165) is 11.1 Å². The Morgan fingerprint density at radius 2 is 1.90 bits per heavy atom. The number of para-hydroxylation sites is 1. The molecule has 31 heavy (non-hydrogen) atoms. The number of likely N-dealkylation sites (tertiary alicyclic amines) is 1. The molecular formula is C23H19N3O4S. The third-order valence-corrected chi connectivity index (χ3v) is 7.32. The van der Waals surface area contributed by atoms with E-state index in [1.165, 1.54) is 23.5 Å². The molecular weight excluding hydrogens is 414 g/mol. The molecule has 1 spiro atoms. The van der Waals surface area contributed by atoms with Gasteiger partial charge in [-0.3, -0.25) is 24.6 Å². The number of nitro groups is 1. The van der Waals surface area contributed by atoms with Crippen LogP contribution in [-0.4, -0.2) is 35.1 Å². The van der Waals surface area contributed by atoms with Gasteiger partial charge in [0.05, 0.1) is 15.7 Å². The van der Waals surface area contributed by atoms with E-state index in [1.54, 1.807) is 18.2 Å². The van der Waals surface area contributed by atoms with Gasteiger partial charge in [0.25, 0.3) is 5.69 Å². The molecule has 0 bridgehead atoms. The molecule has 8 heteroatoms. The SMILES string of the molecule is CN1CC(c2ccc([N+](=O)[O-])cc2)C(C(=O)c2cccs2)C12C(=O)Nc1ccccc12. The van der Waals surface area contributed by atoms with Crippen molar-refractivity contribution in [3.8, 4) is 0 Å². The summed E-state index contributed by atoms with van der Waals surface area (Å²) in [4.78, 5) is 40.5. The van der Waals surface area contributed by atoms with Crippen molar-refractivity contribution in [2.45, 2.75) is 11.5 Å². The first-order chi connectivity index (χ1) is 14.9. The molecule has 0 aliphatic carbocycles. The molecule has 1 N–H and O–H groups in total. The predicted octanol–water partition coefficient (Wildman–Crippen LogP) is 4.03. The van der Waals surface area contributed by atoms with Crippen LogP contribution in [0.1, 0.15) is 26.7 Å². The number of ketones is 1. The lowest BCUT2D eigenvalue weighted by molar-refractivity contribution is -0.384. The highest BCUT2D eigenvalue weighted by atomic mass is 32.1. The summed E-state index contributed by atoms with van der Waals surface area (Å²) in [5.41, 5.74) is 1.18. The third-order valence-electron chi connectivity index (χ3n) is 6.44. The molecule has 156 valence electrons. The van der Waals surface area contributed by atoms with Crippen molar-refractivity contribution in [2.24, 2.45) is 5.92 Å². The summed E-state index contributed by atoms with van der Waals surface area (Å²) in [7, 11) is 1.86. The largest absolute Gasteiger partial charge is 0.324 e. The number of hydrogen-bond acceptors (Lipinski definition) is 6. The number of carbonyl (C=O) groups excluding carboxylic acids is 2. The second-order valence-corrected chi connectivity index (χ2v) is 8.87. The first-order valence-electron chi connectivity index (χ1n) is 9.89. The topological polar surface area (TPSA) is 92.5 Å². The Labute approximate surface area is 182 Å². The van der Waals surface area contributed by atoms with E-state index in [1.807, 2.05) is 47.7 Å². The number of thiophene rings is 1. The number of carbonyl (C=O) groups is 2. The molecule has 1 amide bonds. The molecule has 0 saturated carbocycles. The molecule has 2 aliphatic heterocycles. The number of hydrogen-bond donors (Lipinski definition) is 1. The van der Waals surface area contributed by atoms with Gasteiger partial charge < -0.3 is 5.32 Å². The number of nitrogens with zero attached hydrogens (tertiary/aromatic N) is 2. The number of amides is 1. The average Bonchev–Trinajstić information content (AvgIpc) is 3.47. The Morgan fingerprint density at radius 3 is 2.58 bits per heavy atom. The molecule has 7 nitrogen and oxygen atoms in total. The highest BCUT2D eigenvalue weighted by Crippen LogP contribution is 2.55. The molecule has 3 heterocycles. The van der Waals surface area contributed by atoms with Crippen LogP contribution in [0.3, 0.4) is 0 Å². The first kappa shape index (κ1) is 19.6. The minimum absolute atomic E-state index is 0.00472. The molecule has 3 aromatic rings. The Morgan fingerprint density at radius 1 is 1.16 bits per heavy atom. The van der Waals surface area contributed by atoms with Gasteiger partial charge in [-0.15, -0.1) is 11.3 Å². The summed E-state index contributed by atoms with van der Waals surface area (Å²) >= 11 is 1.36. The normalized spacial score (nSPS) is 24.9. The van der Waals surface area contributed by atoms with E-state index in [2.05, 4.69) is 5.32 Å². The van der Waals surface area contributed by atoms with Crippen molar-refractivity contribution in [1.82, 2.24) is 4.90 Å². The zero-order chi connectivity index (χ0) is 21.8. The van der Waals surface area contributed by atoms with Gasteiger partial charge in [-0.25, -0.2) is 0 Å². The van der Waals surface area contributed by atoms with Gasteiger partial charge in [-0.2, -0.15) is 0 Å². The quantitative estimate of drug-likeness (QED) is 0.381. The first-order valence-corrected chi connectivity index (χ1v) is 10.8. The standard InChI is InChI=1S/C23H19N3O4S/c1-25-13-16(14-8-10-15(11-9-14)26(29)30)20(21(27)19-7-4-12-31-19)23(25)17-5-2-3-6-18(17)24-22(23)28/h2-12,16,20H,13H2,1H3,(H,24,28). The van der Waals surface area contributed by atoms with Gasteiger partial charge in [-0.05, 0) is 30.1 Å². The van der Waals surface area contributed by atoms with E-state index in [-0.39, 0.29) is 23.3 Å². The van der Waals surface area contributed by atoms with Crippen LogP contribution in [0, 0.1) is 16.0 Å². The molecule has 2 aliphatic rings. The van der Waals surface area contributed by atoms with Crippen molar-refractivity contribution in [2.75, 3.05) is 18.9 Å². The van der Waals surface area contributed by atoms with Crippen LogP contribution in [0.2, 0.25) is 0 Å². The summed E-state index contributed by atoms with van der Waals surface area (Å²) in [5, 5.41) is 15.9. The number of Topliss-reactive ketones (excluding diaryl/α,β-unsaturated/α-hetero) is 1. The van der Waals surface area contributed by atoms with Crippen molar-refractivity contribution in [3.63, 3.8) is 0 Å². The third kappa shape index (κ3) is 2.75. The molecule has 3 atom stereocenters. The Kier molecular flexibility index (Phi) is 4.49. The Balaban J connectivity index is 1.69. The number of fused-ring (bicyclic) bond motifs is 2. The summed E-state index contributed by atoms with van der Waals surface area (Å²) in [6.07, 6.45) is 0. The number of nitrogens with one attached hydrogen (secondary N) is 1. The molecule has 0 radical (unpaired) electrons. The van der Waals surface area contributed by atoms with Crippen molar-refractivity contribution < 1.29 is 14.5 Å². The molecule has 5 rings (SSSR count). The lowest BCUT2D eigenvalue weighted by Gasteiger charge is -2.35. The number of likely N-dealkylation sites (N-methyl/N-ethyl adjacent to an activating group) is 1. The van der Waals surface area contributed by atoms with Gasteiger partial charge in [0.2, 0.25) is 5.91 Å². The summed E-state index contributed by atoms with van der Waals surface area (Å²) in [5.74, 6) is -1.26. The predicted molar refractivity (Wildman–Crippen MR) is 117 cm³/mol. The maximum atomic E-state index is 13.8. The molecule has 2 aromatic carbocycles. The molecule has 1 fully saturated rings. The Bertz CT molecular complexity index is 1190. The van der Waals surface area contributed by atoms with Crippen LogP contribution in [0.15, 0.2) is 66.0 Å². The number of non-ortho nitro benzene ring substituents is 1. The second-order valence-electron chi connectivity index (χ2n) is 7.92. The maximum Gasteiger partial charge on any atom is 0.269 e. The number of anilines is 1. The van der Waals surface area contributed by atoms with Gasteiger partial charge >= 0.3 is 0 Å².